The van der Waals surface area contributed by atoms with E-state index in [0.717, 1.165) is 41.7 Å². The quantitative estimate of drug-likeness (QED) is 0.723. The van der Waals surface area contributed by atoms with Gasteiger partial charge >= 0.3 is 0 Å². The molecular formula is C16H29BrN2O. The standard InChI is InChI=1S/C16H29BrN2O/c1-5-9-10-12(6-2)15(20)11-14-16(17)13(7-3)18-19(14)8-4/h12,15,20H,5-11H2,1-4H3. The molecule has 0 amide bonds. The third kappa shape index (κ3) is 4.32. The fourth-order valence-corrected chi connectivity index (χ4v) is 3.44. The number of aromatic nitrogens is 2. The molecule has 0 aliphatic rings. The Morgan fingerprint density at radius 1 is 1.25 bits per heavy atom. The van der Waals surface area contributed by atoms with Gasteiger partial charge in [0.25, 0.3) is 0 Å². The average Bonchev–Trinajstić information content (AvgIpc) is 2.76. The van der Waals surface area contributed by atoms with Crippen LogP contribution in [0, 0.1) is 5.92 Å². The van der Waals surface area contributed by atoms with Crippen LogP contribution in [0.1, 0.15) is 64.8 Å². The van der Waals surface area contributed by atoms with Crippen LogP contribution >= 0.6 is 15.9 Å². The topological polar surface area (TPSA) is 38.1 Å². The Bertz CT molecular complexity index is 403. The molecule has 0 spiro atoms. The summed E-state index contributed by atoms with van der Waals surface area (Å²) >= 11 is 3.66. The average molecular weight is 345 g/mol. The number of rotatable bonds is 9. The second-order valence-electron chi connectivity index (χ2n) is 5.46. The number of nitrogens with zero attached hydrogens (tertiary/aromatic N) is 2. The highest BCUT2D eigenvalue weighted by Gasteiger charge is 2.22. The van der Waals surface area contributed by atoms with E-state index >= 15 is 0 Å². The number of hydrogen-bond donors (Lipinski definition) is 1. The summed E-state index contributed by atoms with van der Waals surface area (Å²) in [5.74, 6) is 0.395. The van der Waals surface area contributed by atoms with Gasteiger partial charge in [0, 0.05) is 13.0 Å². The molecule has 3 nitrogen and oxygen atoms in total. The van der Waals surface area contributed by atoms with Gasteiger partial charge in [-0.2, -0.15) is 5.10 Å². The van der Waals surface area contributed by atoms with Crippen molar-refractivity contribution in [2.45, 2.75) is 78.9 Å². The molecule has 1 heterocycles. The zero-order valence-corrected chi connectivity index (χ0v) is 14.9. The number of aliphatic hydroxyl groups is 1. The monoisotopic (exact) mass is 344 g/mol. The molecule has 0 fully saturated rings. The van der Waals surface area contributed by atoms with Crippen molar-refractivity contribution in [1.29, 1.82) is 0 Å². The zero-order chi connectivity index (χ0) is 15.1. The molecule has 4 heteroatoms. The SMILES string of the molecule is CCCCC(CC)C(O)Cc1c(Br)c(CC)nn1CC. The lowest BCUT2D eigenvalue weighted by molar-refractivity contribution is 0.0965. The molecular weight excluding hydrogens is 316 g/mol. The van der Waals surface area contributed by atoms with E-state index in [1.54, 1.807) is 0 Å². The van der Waals surface area contributed by atoms with Crippen molar-refractivity contribution >= 4 is 15.9 Å². The van der Waals surface area contributed by atoms with Crippen molar-refractivity contribution in [3.8, 4) is 0 Å². The van der Waals surface area contributed by atoms with Crippen LogP contribution in [0.25, 0.3) is 0 Å². The van der Waals surface area contributed by atoms with Crippen molar-refractivity contribution in [3.05, 3.63) is 15.9 Å². The van der Waals surface area contributed by atoms with E-state index in [0.29, 0.717) is 12.3 Å². The van der Waals surface area contributed by atoms with Crippen LogP contribution in [-0.2, 0) is 19.4 Å². The smallest absolute Gasteiger partial charge is 0.0766 e. The zero-order valence-electron chi connectivity index (χ0n) is 13.3. The molecule has 116 valence electrons. The van der Waals surface area contributed by atoms with Crippen LogP contribution in [0.2, 0.25) is 0 Å². The Kier molecular flexibility index (Phi) is 7.82. The van der Waals surface area contributed by atoms with Crippen LogP contribution in [0.4, 0.5) is 0 Å². The molecule has 1 aromatic rings. The second kappa shape index (κ2) is 8.83. The summed E-state index contributed by atoms with van der Waals surface area (Å²) < 4.78 is 3.12. The largest absolute Gasteiger partial charge is 0.392 e. The van der Waals surface area contributed by atoms with E-state index < -0.39 is 0 Å². The van der Waals surface area contributed by atoms with Crippen LogP contribution in [0.15, 0.2) is 4.47 Å². The molecule has 0 bridgehead atoms. The molecule has 20 heavy (non-hydrogen) atoms. The predicted octanol–water partition coefficient (Wildman–Crippen LogP) is 4.35. The second-order valence-corrected chi connectivity index (χ2v) is 6.25. The fourth-order valence-electron chi connectivity index (χ4n) is 2.71. The van der Waals surface area contributed by atoms with E-state index in [-0.39, 0.29) is 6.10 Å². The lowest BCUT2D eigenvalue weighted by Gasteiger charge is -2.22. The van der Waals surface area contributed by atoms with Crippen LogP contribution in [-0.4, -0.2) is 21.0 Å². The summed E-state index contributed by atoms with van der Waals surface area (Å²) in [5, 5.41) is 15.2. The summed E-state index contributed by atoms with van der Waals surface area (Å²) in [5.41, 5.74) is 2.24. The first-order valence-corrected chi connectivity index (χ1v) is 8.80. The molecule has 0 saturated heterocycles. The number of aryl methyl sites for hydroxylation is 2. The predicted molar refractivity (Wildman–Crippen MR) is 88.0 cm³/mol. The highest BCUT2D eigenvalue weighted by atomic mass is 79.9. The molecule has 2 atom stereocenters. The molecule has 0 aromatic carbocycles. The first kappa shape index (κ1) is 17.7. The van der Waals surface area contributed by atoms with Gasteiger partial charge in [0.05, 0.1) is 22.0 Å². The Morgan fingerprint density at radius 3 is 2.45 bits per heavy atom. The van der Waals surface area contributed by atoms with Crippen LogP contribution in [0.5, 0.6) is 0 Å². The van der Waals surface area contributed by atoms with Gasteiger partial charge < -0.3 is 5.11 Å². The van der Waals surface area contributed by atoms with Crippen molar-refractivity contribution in [3.63, 3.8) is 0 Å². The van der Waals surface area contributed by atoms with E-state index in [1.165, 1.54) is 12.8 Å². The van der Waals surface area contributed by atoms with Gasteiger partial charge in [0.2, 0.25) is 0 Å². The first-order valence-electron chi connectivity index (χ1n) is 8.00. The fraction of sp³-hybridized carbons (Fsp3) is 0.812. The minimum Gasteiger partial charge on any atom is -0.392 e. The summed E-state index contributed by atoms with van der Waals surface area (Å²) in [4.78, 5) is 0. The van der Waals surface area contributed by atoms with Gasteiger partial charge in [0.1, 0.15) is 0 Å². The van der Waals surface area contributed by atoms with Crippen molar-refractivity contribution in [2.24, 2.45) is 5.92 Å². The Labute approximate surface area is 131 Å². The first-order chi connectivity index (χ1) is 9.58. The Balaban J connectivity index is 2.82. The van der Waals surface area contributed by atoms with Gasteiger partial charge in [-0.25, -0.2) is 0 Å². The molecule has 0 aliphatic carbocycles. The van der Waals surface area contributed by atoms with Crippen molar-refractivity contribution < 1.29 is 5.11 Å². The Morgan fingerprint density at radius 2 is 1.95 bits per heavy atom. The lowest BCUT2D eigenvalue weighted by atomic mass is 9.91. The van der Waals surface area contributed by atoms with Crippen molar-refractivity contribution in [2.75, 3.05) is 0 Å². The van der Waals surface area contributed by atoms with E-state index in [4.69, 9.17) is 0 Å². The van der Waals surface area contributed by atoms with Gasteiger partial charge in [-0.1, -0.05) is 40.0 Å². The molecule has 1 aromatic heterocycles. The Hall–Kier alpha value is -0.350. The summed E-state index contributed by atoms with van der Waals surface area (Å²) in [6, 6.07) is 0. The highest BCUT2D eigenvalue weighted by molar-refractivity contribution is 9.10. The molecule has 0 saturated carbocycles. The van der Waals surface area contributed by atoms with Crippen LogP contribution in [0.3, 0.4) is 0 Å². The lowest BCUT2D eigenvalue weighted by Crippen LogP contribution is -2.24. The molecule has 1 N–H and O–H groups in total. The van der Waals surface area contributed by atoms with E-state index in [9.17, 15) is 5.11 Å². The maximum atomic E-state index is 10.6. The maximum Gasteiger partial charge on any atom is 0.0766 e. The minimum atomic E-state index is -0.269. The van der Waals surface area contributed by atoms with E-state index in [2.05, 4.69) is 48.7 Å². The number of hydrogen-bond acceptors (Lipinski definition) is 2. The van der Waals surface area contributed by atoms with Gasteiger partial charge in [0.15, 0.2) is 0 Å². The normalized spacial score (nSPS) is 14.5. The molecule has 0 radical (unpaired) electrons. The third-order valence-corrected chi connectivity index (χ3v) is 5.01. The van der Waals surface area contributed by atoms with Gasteiger partial charge in [-0.3, -0.25) is 4.68 Å². The highest BCUT2D eigenvalue weighted by Crippen LogP contribution is 2.27. The van der Waals surface area contributed by atoms with Gasteiger partial charge in [-0.05, 0) is 41.6 Å². The maximum absolute atomic E-state index is 10.6. The molecule has 1 rings (SSSR count). The van der Waals surface area contributed by atoms with E-state index in [1.807, 2.05) is 4.68 Å². The number of aliphatic hydroxyl groups excluding tert-OH is 1. The van der Waals surface area contributed by atoms with Crippen LogP contribution < -0.4 is 0 Å². The molecule has 0 aliphatic heterocycles. The van der Waals surface area contributed by atoms with Gasteiger partial charge in [-0.15, -0.1) is 0 Å². The third-order valence-electron chi connectivity index (χ3n) is 4.09. The number of halogens is 1. The summed E-state index contributed by atoms with van der Waals surface area (Å²) in [7, 11) is 0. The number of unbranched alkanes of at least 4 members (excludes halogenated alkanes) is 1. The summed E-state index contributed by atoms with van der Waals surface area (Å²) in [6.07, 6.45) is 5.90. The summed E-state index contributed by atoms with van der Waals surface area (Å²) in [6.45, 7) is 9.45. The minimum absolute atomic E-state index is 0.269. The molecule has 2 unspecified atom stereocenters. The van der Waals surface area contributed by atoms with Crippen molar-refractivity contribution in [1.82, 2.24) is 9.78 Å².